The number of rotatable bonds is 1. The summed E-state index contributed by atoms with van der Waals surface area (Å²) in [7, 11) is 0. The Morgan fingerprint density at radius 1 is 1.62 bits per heavy atom. The van der Waals surface area contributed by atoms with Gasteiger partial charge in [-0.2, -0.15) is 0 Å². The molecular weight excluding hydrogens is 282 g/mol. The average molecular weight is 298 g/mol. The number of aryl methyl sites for hydroxylation is 2. The standard InChI is InChI=1S/C11H13NO2.BrH.Mg.2H/c1-7-5-8-3-2-4-9(11(13)14)10(8)12-6-7;;;;/h5-6,9H,2-4H2,1H3,(H,13,14);1H;;;/q;;+2;2*-1. The van der Waals surface area contributed by atoms with Crippen molar-refractivity contribution >= 4 is 46.0 Å². The minimum absolute atomic E-state index is 0. The Kier molecular flexibility index (Phi) is 6.51. The topological polar surface area (TPSA) is 50.2 Å². The first-order chi connectivity index (χ1) is 6.68. The summed E-state index contributed by atoms with van der Waals surface area (Å²) in [5.41, 5.74) is 2.99. The molecule has 1 aromatic rings. The number of hydrogen-bond donors (Lipinski definition) is 1. The molecule has 1 heterocycles. The molecule has 0 aromatic carbocycles. The maximum Gasteiger partial charge on any atom is 2.00 e. The van der Waals surface area contributed by atoms with Crippen LogP contribution >= 0.6 is 17.0 Å². The van der Waals surface area contributed by atoms with Crippen LogP contribution in [0.5, 0.6) is 0 Å². The summed E-state index contributed by atoms with van der Waals surface area (Å²) in [5, 5.41) is 9.01. The molecule has 3 nitrogen and oxygen atoms in total. The van der Waals surface area contributed by atoms with E-state index in [-0.39, 0.29) is 48.8 Å². The van der Waals surface area contributed by atoms with E-state index in [0.29, 0.717) is 0 Å². The first-order valence-electron chi connectivity index (χ1n) is 4.86. The second-order valence-electron chi connectivity index (χ2n) is 3.84. The molecule has 1 aromatic heterocycles. The van der Waals surface area contributed by atoms with Crippen LogP contribution in [0.1, 0.15) is 38.4 Å². The van der Waals surface area contributed by atoms with Crippen LogP contribution in [0.25, 0.3) is 0 Å². The third kappa shape index (κ3) is 3.18. The van der Waals surface area contributed by atoms with Gasteiger partial charge in [0.1, 0.15) is 0 Å². The van der Waals surface area contributed by atoms with Gasteiger partial charge in [-0.15, -0.1) is 17.0 Å². The molecule has 1 atom stereocenters. The fourth-order valence-electron chi connectivity index (χ4n) is 2.03. The zero-order chi connectivity index (χ0) is 10.1. The van der Waals surface area contributed by atoms with E-state index in [1.54, 1.807) is 6.20 Å². The van der Waals surface area contributed by atoms with Gasteiger partial charge in [0.15, 0.2) is 0 Å². The van der Waals surface area contributed by atoms with Crippen LogP contribution in [-0.4, -0.2) is 39.1 Å². The second kappa shape index (κ2) is 6.56. The van der Waals surface area contributed by atoms with Crippen LogP contribution in [-0.2, 0) is 11.2 Å². The molecule has 5 heteroatoms. The number of carbonyl (C=O) groups is 1. The number of aromatic nitrogens is 1. The molecule has 1 N–H and O–H groups in total. The van der Waals surface area contributed by atoms with E-state index in [9.17, 15) is 4.79 Å². The van der Waals surface area contributed by atoms with Crippen molar-refractivity contribution in [1.29, 1.82) is 0 Å². The molecule has 0 saturated carbocycles. The van der Waals surface area contributed by atoms with Crippen LogP contribution < -0.4 is 0 Å². The fraction of sp³-hybridized carbons (Fsp3) is 0.455. The van der Waals surface area contributed by atoms with Crippen molar-refractivity contribution in [1.82, 2.24) is 4.98 Å². The zero-order valence-corrected chi connectivity index (χ0v) is 12.4. The molecule has 0 spiro atoms. The van der Waals surface area contributed by atoms with E-state index in [1.807, 2.05) is 6.92 Å². The maximum atomic E-state index is 11.0. The van der Waals surface area contributed by atoms with Crippen LogP contribution in [0.4, 0.5) is 0 Å². The van der Waals surface area contributed by atoms with Gasteiger partial charge < -0.3 is 7.96 Å². The smallest absolute Gasteiger partial charge is 1.00 e. The van der Waals surface area contributed by atoms with Crippen molar-refractivity contribution in [3.63, 3.8) is 0 Å². The number of hydrogen-bond acceptors (Lipinski definition) is 2. The quantitative estimate of drug-likeness (QED) is 0.810. The number of carboxylic acids is 1. The molecule has 1 aliphatic rings. The molecule has 86 valence electrons. The molecule has 1 aliphatic carbocycles. The van der Waals surface area contributed by atoms with Crippen molar-refractivity contribution < 1.29 is 12.8 Å². The van der Waals surface area contributed by atoms with E-state index in [4.69, 9.17) is 5.11 Å². The van der Waals surface area contributed by atoms with Gasteiger partial charge >= 0.3 is 29.0 Å². The fourth-order valence-corrected chi connectivity index (χ4v) is 2.03. The molecule has 0 saturated heterocycles. The first kappa shape index (κ1) is 15.9. The summed E-state index contributed by atoms with van der Waals surface area (Å²) >= 11 is 0. The Morgan fingerprint density at radius 2 is 2.31 bits per heavy atom. The molecule has 0 bridgehead atoms. The Labute approximate surface area is 125 Å². The van der Waals surface area contributed by atoms with Crippen molar-refractivity contribution in [2.24, 2.45) is 0 Å². The van der Waals surface area contributed by atoms with Gasteiger partial charge in [0.25, 0.3) is 0 Å². The van der Waals surface area contributed by atoms with Gasteiger partial charge in [-0.05, 0) is 37.3 Å². The van der Waals surface area contributed by atoms with Gasteiger partial charge in [0.05, 0.1) is 11.6 Å². The summed E-state index contributed by atoms with van der Waals surface area (Å²) < 4.78 is 0. The Morgan fingerprint density at radius 3 is 2.94 bits per heavy atom. The average Bonchev–Trinajstić information content (AvgIpc) is 2.16. The van der Waals surface area contributed by atoms with Crippen molar-refractivity contribution in [3.8, 4) is 0 Å². The van der Waals surface area contributed by atoms with Crippen molar-refractivity contribution in [3.05, 3.63) is 29.1 Å². The molecule has 0 aliphatic heterocycles. The van der Waals surface area contributed by atoms with E-state index in [1.165, 1.54) is 0 Å². The first-order valence-corrected chi connectivity index (χ1v) is 4.86. The van der Waals surface area contributed by atoms with Crippen LogP contribution in [0.15, 0.2) is 12.3 Å². The molecule has 1 unspecified atom stereocenters. The molecule has 16 heavy (non-hydrogen) atoms. The van der Waals surface area contributed by atoms with E-state index >= 15 is 0 Å². The summed E-state index contributed by atoms with van der Waals surface area (Å²) in [6.45, 7) is 1.98. The SMILES string of the molecule is Br.Cc1cnc2c(c1)CCCC2C(=O)O.[H-].[H-].[Mg+2]. The largest absolute Gasteiger partial charge is 2.00 e. The number of pyridine rings is 1. The Balaban J connectivity index is -0.000000562. The predicted molar refractivity (Wildman–Crippen MR) is 70.6 cm³/mol. The summed E-state index contributed by atoms with van der Waals surface area (Å²) in [5.74, 6) is -1.14. The normalized spacial score (nSPS) is 17.7. The van der Waals surface area contributed by atoms with Crippen LogP contribution in [0, 0.1) is 6.92 Å². The molecule has 2 rings (SSSR count). The minimum atomic E-state index is -0.748. The maximum absolute atomic E-state index is 11.0. The predicted octanol–water partition coefficient (Wildman–Crippen LogP) is 2.32. The Bertz CT molecular complexity index is 393. The molecule has 0 amide bonds. The van der Waals surface area contributed by atoms with Crippen molar-refractivity contribution in [2.45, 2.75) is 32.1 Å². The molecule has 0 radical (unpaired) electrons. The Hall–Kier alpha value is -0.134. The third-order valence-corrected chi connectivity index (χ3v) is 2.71. The van der Waals surface area contributed by atoms with Crippen LogP contribution in [0.2, 0.25) is 0 Å². The van der Waals surface area contributed by atoms with Gasteiger partial charge in [-0.25, -0.2) is 0 Å². The molecular formula is C11H16BrMgNO2. The van der Waals surface area contributed by atoms with E-state index in [0.717, 1.165) is 36.1 Å². The van der Waals surface area contributed by atoms with Gasteiger partial charge in [0, 0.05) is 6.20 Å². The number of carboxylic acid groups (broad SMARTS) is 1. The van der Waals surface area contributed by atoms with Gasteiger partial charge in [0.2, 0.25) is 0 Å². The second-order valence-corrected chi connectivity index (χ2v) is 3.84. The number of fused-ring (bicyclic) bond motifs is 1. The zero-order valence-electron chi connectivity index (χ0n) is 11.3. The summed E-state index contributed by atoms with van der Waals surface area (Å²) in [4.78, 5) is 15.2. The van der Waals surface area contributed by atoms with Crippen LogP contribution in [0.3, 0.4) is 0 Å². The number of halogens is 1. The van der Waals surface area contributed by atoms with Gasteiger partial charge in [-0.3, -0.25) is 9.78 Å². The number of aliphatic carboxylic acids is 1. The minimum Gasteiger partial charge on any atom is -1.00 e. The van der Waals surface area contributed by atoms with Crippen molar-refractivity contribution in [2.75, 3.05) is 0 Å². The third-order valence-electron chi connectivity index (χ3n) is 2.71. The summed E-state index contributed by atoms with van der Waals surface area (Å²) in [6, 6.07) is 2.05. The summed E-state index contributed by atoms with van der Waals surface area (Å²) in [6.07, 6.45) is 4.39. The van der Waals surface area contributed by atoms with E-state index in [2.05, 4.69) is 11.1 Å². The monoisotopic (exact) mass is 297 g/mol. The number of nitrogens with zero attached hydrogens (tertiary/aromatic N) is 1. The molecule has 0 fully saturated rings. The van der Waals surface area contributed by atoms with Gasteiger partial charge in [-0.1, -0.05) is 6.07 Å². The van der Waals surface area contributed by atoms with E-state index < -0.39 is 5.97 Å².